The zero-order valence-electron chi connectivity index (χ0n) is 11.3. The van der Waals surface area contributed by atoms with Crippen molar-refractivity contribution in [3.8, 4) is 0 Å². The molecule has 5 heteroatoms. The molecule has 0 radical (unpaired) electrons. The zero-order valence-corrected chi connectivity index (χ0v) is 12.1. The van der Waals surface area contributed by atoms with Gasteiger partial charge >= 0.3 is 0 Å². The lowest BCUT2D eigenvalue weighted by atomic mass is 10.1. The highest BCUT2D eigenvalue weighted by molar-refractivity contribution is 7.20. The van der Waals surface area contributed by atoms with Crippen molar-refractivity contribution >= 4 is 33.1 Å². The Kier molecular flexibility index (Phi) is 3.28. The van der Waals surface area contributed by atoms with Crippen LogP contribution < -0.4 is 5.32 Å². The minimum atomic E-state index is -0.118. The molecule has 3 aromatic rings. The number of anilines is 1. The van der Waals surface area contributed by atoms with E-state index >= 15 is 0 Å². The molecule has 2 N–H and O–H groups in total. The Labute approximate surface area is 120 Å². The van der Waals surface area contributed by atoms with E-state index in [1.165, 1.54) is 11.3 Å². The average Bonchev–Trinajstić information content (AvgIpc) is 3.04. The van der Waals surface area contributed by atoms with Gasteiger partial charge in [0.1, 0.15) is 0 Å². The van der Waals surface area contributed by atoms with E-state index in [1.54, 1.807) is 0 Å². The molecule has 4 nitrogen and oxygen atoms in total. The SMILES string of the molecule is CC(C)c1cc(NC(=O)c2cc3ccccc3s2)n[nH]1. The van der Waals surface area contributed by atoms with Crippen molar-refractivity contribution in [1.82, 2.24) is 10.2 Å². The molecule has 0 atom stereocenters. The molecule has 3 rings (SSSR count). The Morgan fingerprint density at radius 1 is 1.30 bits per heavy atom. The van der Waals surface area contributed by atoms with Crippen LogP contribution in [0.3, 0.4) is 0 Å². The van der Waals surface area contributed by atoms with Crippen molar-refractivity contribution in [2.45, 2.75) is 19.8 Å². The fraction of sp³-hybridized carbons (Fsp3) is 0.200. The van der Waals surface area contributed by atoms with Gasteiger partial charge in [-0.15, -0.1) is 11.3 Å². The average molecular weight is 285 g/mol. The number of carbonyl (C=O) groups is 1. The van der Waals surface area contributed by atoms with Gasteiger partial charge in [-0.25, -0.2) is 0 Å². The monoisotopic (exact) mass is 285 g/mol. The molecule has 2 heterocycles. The van der Waals surface area contributed by atoms with E-state index in [-0.39, 0.29) is 5.91 Å². The number of hydrogen-bond acceptors (Lipinski definition) is 3. The molecule has 0 aliphatic rings. The van der Waals surface area contributed by atoms with Crippen LogP contribution in [0, 0.1) is 0 Å². The molecule has 0 saturated heterocycles. The highest BCUT2D eigenvalue weighted by atomic mass is 32.1. The number of carbonyl (C=O) groups excluding carboxylic acids is 1. The summed E-state index contributed by atoms with van der Waals surface area (Å²) in [5.74, 6) is 0.807. The molecule has 0 aliphatic carbocycles. The van der Waals surface area contributed by atoms with Gasteiger partial charge in [-0.2, -0.15) is 5.10 Å². The van der Waals surface area contributed by atoms with Crippen LogP contribution in [-0.4, -0.2) is 16.1 Å². The van der Waals surface area contributed by atoms with Gasteiger partial charge in [0, 0.05) is 16.5 Å². The molecular formula is C15H15N3OS. The minimum absolute atomic E-state index is 0.118. The number of aromatic amines is 1. The lowest BCUT2D eigenvalue weighted by molar-refractivity contribution is 0.103. The normalized spacial score (nSPS) is 11.2. The summed E-state index contributed by atoms with van der Waals surface area (Å²) in [6, 6.07) is 11.7. The summed E-state index contributed by atoms with van der Waals surface area (Å²) in [6.07, 6.45) is 0. The van der Waals surface area contributed by atoms with E-state index in [4.69, 9.17) is 0 Å². The second-order valence-corrected chi connectivity index (χ2v) is 6.05. The van der Waals surface area contributed by atoms with Gasteiger partial charge in [-0.05, 0) is 23.4 Å². The third-order valence-electron chi connectivity index (χ3n) is 3.11. The Hall–Kier alpha value is -2.14. The Bertz CT molecular complexity index is 724. The fourth-order valence-electron chi connectivity index (χ4n) is 1.97. The maximum absolute atomic E-state index is 12.2. The van der Waals surface area contributed by atoms with E-state index in [0.717, 1.165) is 15.8 Å². The second-order valence-electron chi connectivity index (χ2n) is 4.97. The number of benzene rings is 1. The molecule has 20 heavy (non-hydrogen) atoms. The Balaban J connectivity index is 1.81. The maximum atomic E-state index is 12.2. The molecule has 1 amide bonds. The smallest absolute Gasteiger partial charge is 0.266 e. The van der Waals surface area contributed by atoms with Crippen molar-refractivity contribution in [3.63, 3.8) is 0 Å². The minimum Gasteiger partial charge on any atom is -0.304 e. The molecule has 0 unspecified atom stereocenters. The van der Waals surface area contributed by atoms with Gasteiger partial charge < -0.3 is 5.32 Å². The first-order chi connectivity index (χ1) is 9.63. The lowest BCUT2D eigenvalue weighted by Crippen LogP contribution is -2.10. The number of nitrogens with one attached hydrogen (secondary N) is 2. The van der Waals surface area contributed by atoms with E-state index in [2.05, 4.69) is 29.4 Å². The van der Waals surface area contributed by atoms with E-state index in [1.807, 2.05) is 36.4 Å². The number of rotatable bonds is 3. The summed E-state index contributed by atoms with van der Waals surface area (Å²) >= 11 is 1.49. The van der Waals surface area contributed by atoms with Crippen LogP contribution in [0.25, 0.3) is 10.1 Å². The van der Waals surface area contributed by atoms with Crippen molar-refractivity contribution < 1.29 is 4.79 Å². The highest BCUT2D eigenvalue weighted by Gasteiger charge is 2.12. The van der Waals surface area contributed by atoms with E-state index in [9.17, 15) is 4.79 Å². The first-order valence-corrected chi connectivity index (χ1v) is 7.30. The summed E-state index contributed by atoms with van der Waals surface area (Å²) in [6.45, 7) is 4.15. The number of thiophene rings is 1. The van der Waals surface area contributed by atoms with E-state index < -0.39 is 0 Å². The topological polar surface area (TPSA) is 57.8 Å². The Morgan fingerprint density at radius 2 is 2.10 bits per heavy atom. The number of amides is 1. The summed E-state index contributed by atoms with van der Waals surface area (Å²) in [7, 11) is 0. The van der Waals surface area contributed by atoms with Gasteiger partial charge in [0.2, 0.25) is 0 Å². The number of nitrogens with zero attached hydrogens (tertiary/aromatic N) is 1. The lowest BCUT2D eigenvalue weighted by Gasteiger charge is -1.98. The van der Waals surface area contributed by atoms with Gasteiger partial charge in [-0.1, -0.05) is 32.0 Å². The van der Waals surface area contributed by atoms with Crippen molar-refractivity contribution in [1.29, 1.82) is 0 Å². The number of fused-ring (bicyclic) bond motifs is 1. The zero-order chi connectivity index (χ0) is 14.1. The number of aromatic nitrogens is 2. The summed E-state index contributed by atoms with van der Waals surface area (Å²) < 4.78 is 1.11. The molecule has 0 spiro atoms. The highest BCUT2D eigenvalue weighted by Crippen LogP contribution is 2.26. The first kappa shape index (κ1) is 12.9. The van der Waals surface area contributed by atoms with Crippen LogP contribution in [0.1, 0.15) is 35.1 Å². The van der Waals surface area contributed by atoms with Crippen molar-refractivity contribution in [2.75, 3.05) is 5.32 Å². The Morgan fingerprint density at radius 3 is 2.80 bits per heavy atom. The first-order valence-electron chi connectivity index (χ1n) is 6.49. The quantitative estimate of drug-likeness (QED) is 0.764. The van der Waals surface area contributed by atoms with Crippen LogP contribution in [-0.2, 0) is 0 Å². The van der Waals surface area contributed by atoms with Gasteiger partial charge in [0.25, 0.3) is 5.91 Å². The molecular weight excluding hydrogens is 270 g/mol. The van der Waals surface area contributed by atoms with Crippen LogP contribution in [0.2, 0.25) is 0 Å². The van der Waals surface area contributed by atoms with Crippen LogP contribution in [0.15, 0.2) is 36.4 Å². The summed E-state index contributed by atoms with van der Waals surface area (Å²) in [5, 5.41) is 10.9. The van der Waals surface area contributed by atoms with Gasteiger partial charge in [0.05, 0.1) is 4.88 Å². The molecule has 0 saturated carbocycles. The van der Waals surface area contributed by atoms with Crippen LogP contribution in [0.4, 0.5) is 5.82 Å². The fourth-order valence-corrected chi connectivity index (χ4v) is 2.93. The molecule has 0 fully saturated rings. The van der Waals surface area contributed by atoms with Crippen LogP contribution in [0.5, 0.6) is 0 Å². The third kappa shape index (κ3) is 2.44. The van der Waals surface area contributed by atoms with Crippen molar-refractivity contribution in [3.05, 3.63) is 47.0 Å². The predicted molar refractivity (Wildman–Crippen MR) is 82.5 cm³/mol. The van der Waals surface area contributed by atoms with Crippen molar-refractivity contribution in [2.24, 2.45) is 0 Å². The number of H-pyrrole nitrogens is 1. The van der Waals surface area contributed by atoms with Crippen LogP contribution >= 0.6 is 11.3 Å². The van der Waals surface area contributed by atoms with E-state index in [0.29, 0.717) is 16.6 Å². The molecule has 1 aromatic carbocycles. The molecule has 2 aromatic heterocycles. The molecule has 102 valence electrons. The second kappa shape index (κ2) is 5.09. The summed E-state index contributed by atoms with van der Waals surface area (Å²) in [5.41, 5.74) is 1.01. The molecule has 0 bridgehead atoms. The maximum Gasteiger partial charge on any atom is 0.266 e. The predicted octanol–water partition coefficient (Wildman–Crippen LogP) is 4.00. The largest absolute Gasteiger partial charge is 0.304 e. The number of hydrogen-bond donors (Lipinski definition) is 2. The summed E-state index contributed by atoms with van der Waals surface area (Å²) in [4.78, 5) is 12.9. The standard InChI is InChI=1S/C15H15N3OS/c1-9(2)11-8-14(18-17-11)16-15(19)13-7-10-5-3-4-6-12(10)20-13/h3-9H,1-2H3,(H2,16,17,18,19). The van der Waals surface area contributed by atoms with Gasteiger partial charge in [-0.3, -0.25) is 9.89 Å². The third-order valence-corrected chi connectivity index (χ3v) is 4.23. The molecule has 0 aliphatic heterocycles. The van der Waals surface area contributed by atoms with Gasteiger partial charge in [0.15, 0.2) is 5.82 Å².